The number of pyridine rings is 1. The first-order chi connectivity index (χ1) is 13.6. The van der Waals surface area contributed by atoms with Gasteiger partial charge in [-0.3, -0.25) is 0 Å². The van der Waals surface area contributed by atoms with E-state index in [1.54, 1.807) is 30.6 Å². The lowest BCUT2D eigenvalue weighted by atomic mass is 10.0. The normalized spacial score (nSPS) is 11.5. The molecular formula is C22H18N4O2. The number of nitrogens with one attached hydrogen (secondary N) is 2. The van der Waals surface area contributed by atoms with Crippen molar-refractivity contribution >= 4 is 45.7 Å². The number of nitrogens with two attached hydrogens (primary N) is 1. The molecule has 6 nitrogen and oxygen atoms in total. The standard InChI is InChI=1S/C22H18N4O2/c23-16-7-4-8-17(12-16)26-19-9-10-24-21-20(19)15(13-25-21)11-18(22(27)28)14-5-2-1-3-6-14/h1-13H,23H2,(H,27,28)(H2,24,25,26). The molecule has 28 heavy (non-hydrogen) atoms. The Morgan fingerprint density at radius 2 is 1.93 bits per heavy atom. The van der Waals surface area contributed by atoms with Crippen LogP contribution in [-0.4, -0.2) is 21.0 Å². The molecule has 138 valence electrons. The Balaban J connectivity index is 1.83. The summed E-state index contributed by atoms with van der Waals surface area (Å²) in [5.74, 6) is -0.991. The van der Waals surface area contributed by atoms with Crippen LogP contribution in [0.5, 0.6) is 0 Å². The van der Waals surface area contributed by atoms with Crippen molar-refractivity contribution in [3.05, 3.63) is 84.2 Å². The SMILES string of the molecule is Nc1cccc(Nc2ccnc3[nH]cc(C=C(C(=O)O)c4ccccc4)c23)c1. The van der Waals surface area contributed by atoms with Crippen LogP contribution in [0.15, 0.2) is 73.1 Å². The fourth-order valence-electron chi connectivity index (χ4n) is 3.11. The number of H-pyrrole nitrogens is 1. The summed E-state index contributed by atoms with van der Waals surface area (Å²) in [7, 11) is 0. The second-order valence-corrected chi connectivity index (χ2v) is 6.31. The van der Waals surface area contributed by atoms with Gasteiger partial charge in [0.2, 0.25) is 0 Å². The number of aromatic amines is 1. The molecule has 0 spiro atoms. The quantitative estimate of drug-likeness (QED) is 0.306. The maximum atomic E-state index is 11.9. The summed E-state index contributed by atoms with van der Waals surface area (Å²) in [6, 6.07) is 18.3. The molecule has 0 atom stereocenters. The van der Waals surface area contributed by atoms with E-state index in [4.69, 9.17) is 5.73 Å². The Bertz CT molecular complexity index is 1180. The zero-order valence-corrected chi connectivity index (χ0v) is 14.9. The largest absolute Gasteiger partial charge is 0.478 e. The van der Waals surface area contributed by atoms with Crippen LogP contribution in [-0.2, 0) is 4.79 Å². The van der Waals surface area contributed by atoms with E-state index in [2.05, 4.69) is 15.3 Å². The third-order valence-corrected chi connectivity index (χ3v) is 4.38. The Kier molecular flexibility index (Phi) is 4.51. The number of carboxylic acids is 1. The molecular weight excluding hydrogens is 352 g/mol. The number of benzene rings is 2. The number of nitrogen functional groups attached to an aromatic ring is 1. The minimum Gasteiger partial charge on any atom is -0.478 e. The van der Waals surface area contributed by atoms with Gasteiger partial charge in [0.25, 0.3) is 0 Å². The highest BCUT2D eigenvalue weighted by molar-refractivity contribution is 6.22. The van der Waals surface area contributed by atoms with E-state index in [0.29, 0.717) is 16.9 Å². The first kappa shape index (κ1) is 17.4. The predicted octanol–water partition coefficient (Wildman–Crippen LogP) is 4.51. The van der Waals surface area contributed by atoms with Gasteiger partial charge in [-0.25, -0.2) is 9.78 Å². The van der Waals surface area contributed by atoms with Gasteiger partial charge in [-0.1, -0.05) is 36.4 Å². The van der Waals surface area contributed by atoms with Gasteiger partial charge < -0.3 is 21.1 Å². The van der Waals surface area contributed by atoms with Crippen LogP contribution in [0.3, 0.4) is 0 Å². The third-order valence-electron chi connectivity index (χ3n) is 4.38. The molecule has 0 fully saturated rings. The van der Waals surface area contributed by atoms with Crippen LogP contribution < -0.4 is 11.1 Å². The van der Waals surface area contributed by atoms with Gasteiger partial charge >= 0.3 is 5.97 Å². The lowest BCUT2D eigenvalue weighted by Gasteiger charge is -2.09. The summed E-state index contributed by atoms with van der Waals surface area (Å²) in [5, 5.41) is 13.9. The van der Waals surface area contributed by atoms with E-state index < -0.39 is 5.97 Å². The van der Waals surface area contributed by atoms with Crippen molar-refractivity contribution in [1.82, 2.24) is 9.97 Å². The van der Waals surface area contributed by atoms with Crippen molar-refractivity contribution in [1.29, 1.82) is 0 Å². The van der Waals surface area contributed by atoms with Crippen LogP contribution in [0, 0.1) is 0 Å². The van der Waals surface area contributed by atoms with Gasteiger partial charge in [0, 0.05) is 34.7 Å². The van der Waals surface area contributed by atoms with E-state index in [9.17, 15) is 9.90 Å². The summed E-state index contributed by atoms with van der Waals surface area (Å²) >= 11 is 0. The highest BCUT2D eigenvalue weighted by atomic mass is 16.4. The average molecular weight is 370 g/mol. The molecule has 2 aromatic heterocycles. The summed E-state index contributed by atoms with van der Waals surface area (Å²) in [5.41, 5.74) is 10.4. The molecule has 0 bridgehead atoms. The first-order valence-electron chi connectivity index (χ1n) is 8.71. The van der Waals surface area contributed by atoms with Crippen LogP contribution in [0.4, 0.5) is 17.1 Å². The minimum atomic E-state index is -0.991. The molecule has 0 saturated carbocycles. The van der Waals surface area contributed by atoms with Gasteiger partial charge in [-0.2, -0.15) is 0 Å². The topological polar surface area (TPSA) is 104 Å². The molecule has 0 amide bonds. The lowest BCUT2D eigenvalue weighted by molar-refractivity contribution is -0.130. The zero-order chi connectivity index (χ0) is 19.5. The van der Waals surface area contributed by atoms with Crippen molar-refractivity contribution < 1.29 is 9.90 Å². The number of hydrogen-bond acceptors (Lipinski definition) is 4. The Hall–Kier alpha value is -4.06. The lowest BCUT2D eigenvalue weighted by Crippen LogP contribution is -1.99. The smallest absolute Gasteiger partial charge is 0.336 e. The number of nitrogens with zero attached hydrogens (tertiary/aromatic N) is 1. The number of hydrogen-bond donors (Lipinski definition) is 4. The second kappa shape index (κ2) is 7.28. The summed E-state index contributed by atoms with van der Waals surface area (Å²) in [6.07, 6.45) is 5.10. The first-order valence-corrected chi connectivity index (χ1v) is 8.71. The predicted molar refractivity (Wildman–Crippen MR) is 112 cm³/mol. The molecule has 2 heterocycles. The molecule has 4 rings (SSSR count). The number of rotatable bonds is 5. The maximum Gasteiger partial charge on any atom is 0.336 e. The van der Waals surface area contributed by atoms with Gasteiger partial charge in [0.05, 0.1) is 11.3 Å². The van der Waals surface area contributed by atoms with Crippen LogP contribution in [0.1, 0.15) is 11.1 Å². The number of fused-ring (bicyclic) bond motifs is 1. The van der Waals surface area contributed by atoms with E-state index in [1.807, 2.05) is 48.5 Å². The highest BCUT2D eigenvalue weighted by Crippen LogP contribution is 2.31. The minimum absolute atomic E-state index is 0.209. The zero-order valence-electron chi connectivity index (χ0n) is 14.9. The maximum absolute atomic E-state index is 11.9. The van der Waals surface area contributed by atoms with Crippen LogP contribution in [0.25, 0.3) is 22.7 Å². The molecule has 6 heteroatoms. The fraction of sp³-hybridized carbons (Fsp3) is 0. The molecule has 4 aromatic rings. The van der Waals surface area contributed by atoms with Gasteiger partial charge in [0.15, 0.2) is 0 Å². The summed E-state index contributed by atoms with van der Waals surface area (Å²) < 4.78 is 0. The number of carbonyl (C=O) groups is 1. The van der Waals surface area contributed by atoms with Crippen LogP contribution >= 0.6 is 0 Å². The van der Waals surface area contributed by atoms with Crippen molar-refractivity contribution in [2.24, 2.45) is 0 Å². The van der Waals surface area contributed by atoms with Crippen molar-refractivity contribution in [2.45, 2.75) is 0 Å². The van der Waals surface area contributed by atoms with Crippen molar-refractivity contribution in [3.8, 4) is 0 Å². The van der Waals surface area contributed by atoms with Crippen LogP contribution in [0.2, 0.25) is 0 Å². The van der Waals surface area contributed by atoms with E-state index in [0.717, 1.165) is 22.3 Å². The van der Waals surface area contributed by atoms with Crippen molar-refractivity contribution in [2.75, 3.05) is 11.1 Å². The molecule has 0 aliphatic heterocycles. The van der Waals surface area contributed by atoms with E-state index in [-0.39, 0.29) is 5.57 Å². The molecule has 0 saturated heterocycles. The third kappa shape index (κ3) is 3.43. The number of aliphatic carboxylic acids is 1. The Morgan fingerprint density at radius 1 is 1.11 bits per heavy atom. The van der Waals surface area contributed by atoms with E-state index >= 15 is 0 Å². The highest BCUT2D eigenvalue weighted by Gasteiger charge is 2.14. The fourth-order valence-corrected chi connectivity index (χ4v) is 3.11. The number of aromatic nitrogens is 2. The van der Waals surface area contributed by atoms with E-state index in [1.165, 1.54) is 0 Å². The molecule has 0 aliphatic carbocycles. The number of anilines is 3. The molecule has 0 aliphatic rings. The Labute approximate surface area is 161 Å². The Morgan fingerprint density at radius 3 is 2.68 bits per heavy atom. The molecule has 2 aromatic carbocycles. The summed E-state index contributed by atoms with van der Waals surface area (Å²) in [6.45, 7) is 0. The number of carboxylic acid groups (broad SMARTS) is 1. The second-order valence-electron chi connectivity index (χ2n) is 6.31. The molecule has 5 N–H and O–H groups in total. The van der Waals surface area contributed by atoms with Crippen molar-refractivity contribution in [3.63, 3.8) is 0 Å². The van der Waals surface area contributed by atoms with Gasteiger partial charge in [-0.05, 0) is 35.9 Å². The monoisotopic (exact) mass is 370 g/mol. The molecule has 0 radical (unpaired) electrons. The average Bonchev–Trinajstić information content (AvgIpc) is 3.10. The van der Waals surface area contributed by atoms with Gasteiger partial charge in [0.1, 0.15) is 5.65 Å². The summed E-state index contributed by atoms with van der Waals surface area (Å²) in [4.78, 5) is 19.3. The molecule has 0 unspecified atom stereocenters. The van der Waals surface area contributed by atoms with Gasteiger partial charge in [-0.15, -0.1) is 0 Å².